The molecule has 3 aromatic rings. The fourth-order valence-electron chi connectivity index (χ4n) is 4.52. The Balaban J connectivity index is 1.36. The fraction of sp³-hybridized carbons (Fsp3) is 0.478. The van der Waals surface area contributed by atoms with E-state index in [4.69, 9.17) is 16.6 Å². The minimum Gasteiger partial charge on any atom is -0.379 e. The summed E-state index contributed by atoms with van der Waals surface area (Å²) in [6.45, 7) is 6.47. The third-order valence-corrected chi connectivity index (χ3v) is 7.71. The second-order valence-corrected chi connectivity index (χ2v) is 9.92. The highest BCUT2D eigenvalue weighted by Crippen LogP contribution is 2.32. The summed E-state index contributed by atoms with van der Waals surface area (Å²) in [6, 6.07) is 9.06. The van der Waals surface area contributed by atoms with Gasteiger partial charge in [0.1, 0.15) is 11.3 Å². The molecule has 0 amide bonds. The summed E-state index contributed by atoms with van der Waals surface area (Å²) in [6.07, 6.45) is 6.05. The van der Waals surface area contributed by atoms with E-state index in [1.807, 2.05) is 11.9 Å². The van der Waals surface area contributed by atoms with Crippen LogP contribution in [0.2, 0.25) is 5.02 Å². The van der Waals surface area contributed by atoms with E-state index in [1.54, 1.807) is 6.20 Å². The molecule has 0 saturated carbocycles. The summed E-state index contributed by atoms with van der Waals surface area (Å²) < 4.78 is 2.41. The Labute approximate surface area is 198 Å². The number of benzene rings is 1. The van der Waals surface area contributed by atoms with E-state index in [9.17, 15) is 0 Å². The SMILES string of the molecule is CSN1CCN(c2ccc(-c3nc4c(NC5CCN(C)CC5)c(Cl)cnc4[nH]3)cc2)CC1. The number of aromatic amines is 1. The van der Waals surface area contributed by atoms with Crippen LogP contribution in [0.1, 0.15) is 12.8 Å². The van der Waals surface area contributed by atoms with Crippen molar-refractivity contribution in [3.05, 3.63) is 35.5 Å². The number of rotatable bonds is 5. The summed E-state index contributed by atoms with van der Waals surface area (Å²) in [5.74, 6) is 0.819. The Kier molecular flexibility index (Phi) is 6.46. The van der Waals surface area contributed by atoms with Crippen molar-refractivity contribution in [3.8, 4) is 11.4 Å². The number of imidazole rings is 1. The smallest absolute Gasteiger partial charge is 0.159 e. The number of likely N-dealkylation sites (tertiary alicyclic amines) is 1. The van der Waals surface area contributed by atoms with Gasteiger partial charge in [0.15, 0.2) is 5.65 Å². The zero-order valence-corrected chi connectivity index (χ0v) is 20.2. The number of anilines is 2. The van der Waals surface area contributed by atoms with Crippen LogP contribution in [0.5, 0.6) is 0 Å². The molecule has 0 bridgehead atoms. The molecule has 5 rings (SSSR count). The molecule has 0 unspecified atom stereocenters. The van der Waals surface area contributed by atoms with Crippen molar-refractivity contribution in [1.29, 1.82) is 0 Å². The molecule has 2 aromatic heterocycles. The molecule has 2 fully saturated rings. The molecule has 0 spiro atoms. The number of nitrogens with one attached hydrogen (secondary N) is 2. The van der Waals surface area contributed by atoms with Crippen molar-refractivity contribution < 1.29 is 0 Å². The highest BCUT2D eigenvalue weighted by atomic mass is 35.5. The first-order valence-electron chi connectivity index (χ1n) is 11.2. The number of hydrogen-bond acceptors (Lipinski definition) is 7. The van der Waals surface area contributed by atoms with Crippen LogP contribution in [-0.4, -0.2) is 82.8 Å². The number of fused-ring (bicyclic) bond motifs is 1. The molecule has 2 aliphatic rings. The predicted molar refractivity (Wildman–Crippen MR) is 136 cm³/mol. The first-order chi connectivity index (χ1) is 15.6. The number of aromatic nitrogens is 3. The normalized spacial score (nSPS) is 19.0. The van der Waals surface area contributed by atoms with Crippen LogP contribution in [0.3, 0.4) is 0 Å². The van der Waals surface area contributed by atoms with Crippen molar-refractivity contribution in [2.45, 2.75) is 18.9 Å². The minimum atomic E-state index is 0.403. The fourth-order valence-corrected chi connectivity index (χ4v) is 5.24. The van der Waals surface area contributed by atoms with Crippen molar-refractivity contribution in [2.24, 2.45) is 0 Å². The molecule has 0 radical (unpaired) electrons. The molecule has 2 saturated heterocycles. The number of pyridine rings is 1. The van der Waals surface area contributed by atoms with E-state index < -0.39 is 0 Å². The molecule has 2 N–H and O–H groups in total. The molecule has 1 aromatic carbocycles. The second-order valence-electron chi connectivity index (χ2n) is 8.63. The highest BCUT2D eigenvalue weighted by Gasteiger charge is 2.21. The van der Waals surface area contributed by atoms with Crippen LogP contribution in [-0.2, 0) is 0 Å². The molecule has 2 aliphatic heterocycles. The Hall–Kier alpha value is -2.00. The Morgan fingerprint density at radius 3 is 2.47 bits per heavy atom. The third kappa shape index (κ3) is 4.55. The Morgan fingerprint density at radius 2 is 1.78 bits per heavy atom. The molecule has 170 valence electrons. The van der Waals surface area contributed by atoms with Gasteiger partial charge >= 0.3 is 0 Å². The van der Waals surface area contributed by atoms with Crippen LogP contribution in [0.15, 0.2) is 30.5 Å². The molecule has 32 heavy (non-hydrogen) atoms. The third-order valence-electron chi connectivity index (χ3n) is 6.54. The summed E-state index contributed by atoms with van der Waals surface area (Å²) in [7, 11) is 2.17. The molecule has 0 atom stereocenters. The van der Waals surface area contributed by atoms with Gasteiger partial charge in [-0.1, -0.05) is 23.5 Å². The van der Waals surface area contributed by atoms with Crippen molar-refractivity contribution in [3.63, 3.8) is 0 Å². The second kappa shape index (κ2) is 9.47. The molecule has 9 heteroatoms. The van der Waals surface area contributed by atoms with E-state index in [0.717, 1.165) is 80.3 Å². The number of nitrogens with zero attached hydrogens (tertiary/aromatic N) is 5. The summed E-state index contributed by atoms with van der Waals surface area (Å²) >= 11 is 8.36. The van der Waals surface area contributed by atoms with Gasteiger partial charge in [0.05, 0.1) is 16.9 Å². The van der Waals surface area contributed by atoms with Gasteiger partial charge in [-0.15, -0.1) is 0 Å². The van der Waals surface area contributed by atoms with Gasteiger partial charge in [-0.3, -0.25) is 0 Å². The topological polar surface area (TPSA) is 63.3 Å². The molecular weight excluding hydrogens is 442 g/mol. The maximum Gasteiger partial charge on any atom is 0.159 e. The number of hydrogen-bond donors (Lipinski definition) is 2. The Bertz CT molecular complexity index is 1050. The first kappa shape index (κ1) is 21.8. The summed E-state index contributed by atoms with van der Waals surface area (Å²) in [4.78, 5) is 17.6. The lowest BCUT2D eigenvalue weighted by atomic mass is 10.1. The van der Waals surface area contributed by atoms with E-state index in [1.165, 1.54) is 5.69 Å². The van der Waals surface area contributed by atoms with Gasteiger partial charge in [-0.2, -0.15) is 0 Å². The van der Waals surface area contributed by atoms with Gasteiger partial charge in [-0.25, -0.2) is 14.3 Å². The van der Waals surface area contributed by atoms with Crippen LogP contribution in [0, 0.1) is 0 Å². The van der Waals surface area contributed by atoms with Crippen LogP contribution in [0.4, 0.5) is 11.4 Å². The summed E-state index contributed by atoms with van der Waals surface area (Å²) in [5.41, 5.74) is 4.77. The lowest BCUT2D eigenvalue weighted by molar-refractivity contribution is 0.264. The largest absolute Gasteiger partial charge is 0.379 e. The number of piperidine rings is 1. The first-order valence-corrected chi connectivity index (χ1v) is 12.8. The number of H-pyrrole nitrogens is 1. The van der Waals surface area contributed by atoms with E-state index in [0.29, 0.717) is 11.1 Å². The van der Waals surface area contributed by atoms with E-state index in [2.05, 4.69) is 67.0 Å². The lowest BCUT2D eigenvalue weighted by Crippen LogP contribution is -2.43. The van der Waals surface area contributed by atoms with E-state index in [-0.39, 0.29) is 0 Å². The average Bonchev–Trinajstić information content (AvgIpc) is 3.27. The molecule has 0 aliphatic carbocycles. The van der Waals surface area contributed by atoms with Gasteiger partial charge in [-0.05, 0) is 63.5 Å². The van der Waals surface area contributed by atoms with Gasteiger partial charge in [0.25, 0.3) is 0 Å². The Morgan fingerprint density at radius 1 is 1.06 bits per heavy atom. The van der Waals surface area contributed by atoms with Gasteiger partial charge < -0.3 is 20.1 Å². The van der Waals surface area contributed by atoms with Crippen LogP contribution >= 0.6 is 23.5 Å². The summed E-state index contributed by atoms with van der Waals surface area (Å²) in [5, 5.41) is 4.26. The van der Waals surface area contributed by atoms with Gasteiger partial charge in [0, 0.05) is 43.5 Å². The average molecular weight is 472 g/mol. The maximum absolute atomic E-state index is 6.53. The molecule has 7 nitrogen and oxygen atoms in total. The lowest BCUT2D eigenvalue weighted by Gasteiger charge is -2.34. The van der Waals surface area contributed by atoms with E-state index >= 15 is 0 Å². The quantitative estimate of drug-likeness (QED) is 0.541. The molecular formula is C23H30ClN7S. The number of piperazine rings is 1. The van der Waals surface area contributed by atoms with Crippen molar-refractivity contribution in [1.82, 2.24) is 24.2 Å². The van der Waals surface area contributed by atoms with Crippen LogP contribution in [0.25, 0.3) is 22.6 Å². The zero-order valence-electron chi connectivity index (χ0n) is 18.6. The maximum atomic E-state index is 6.53. The van der Waals surface area contributed by atoms with Crippen molar-refractivity contribution >= 4 is 46.1 Å². The monoisotopic (exact) mass is 471 g/mol. The highest BCUT2D eigenvalue weighted by molar-refractivity contribution is 7.96. The predicted octanol–water partition coefficient (Wildman–Crippen LogP) is 4.18. The minimum absolute atomic E-state index is 0.403. The number of halogens is 1. The standard InChI is InChI=1S/C23H30ClN7S/c1-29-9-7-17(8-10-29)26-20-19(24)15-25-23-21(20)27-22(28-23)16-3-5-18(6-4-16)30-11-13-31(32-2)14-12-30/h3-6,15,17H,7-14H2,1-2H3,(H2,25,26,27,28). The van der Waals surface area contributed by atoms with Gasteiger partial charge in [0.2, 0.25) is 0 Å². The van der Waals surface area contributed by atoms with Crippen LogP contribution < -0.4 is 10.2 Å². The van der Waals surface area contributed by atoms with Crippen molar-refractivity contribution in [2.75, 3.05) is 62.8 Å². The molecule has 4 heterocycles. The zero-order chi connectivity index (χ0) is 22.1.